The van der Waals surface area contributed by atoms with Gasteiger partial charge in [-0.25, -0.2) is 0 Å². The summed E-state index contributed by atoms with van der Waals surface area (Å²) in [7, 11) is 0. The van der Waals surface area contributed by atoms with E-state index in [1.54, 1.807) is 0 Å². The van der Waals surface area contributed by atoms with Crippen LogP contribution in [0.2, 0.25) is 0 Å². The largest absolute Gasteiger partial charge is 0.296 e. The molecule has 0 unspecified atom stereocenters. The predicted molar refractivity (Wildman–Crippen MR) is 43.5 cm³/mol. The van der Waals surface area contributed by atoms with E-state index in [1.807, 2.05) is 0 Å². The number of tetrazole rings is 2. The molecule has 1 aliphatic heterocycles. The molecule has 0 saturated carbocycles. The Bertz CT molecular complexity index is 489. The van der Waals surface area contributed by atoms with Crippen LogP contribution in [0.25, 0.3) is 5.70 Å². The lowest BCUT2D eigenvalue weighted by molar-refractivity contribution is -0.294. The smallest absolute Gasteiger partial charge is 0.262 e. The van der Waals surface area contributed by atoms with E-state index in [1.165, 1.54) is 6.20 Å². The standard InChI is InChI=1S/C4H4N10O2/c15-13-1-2(3-5-9-10-6-3)14(16-13)4-7-11-12-8-4/h1,15H,(H,5,6,9,10)(H,7,8,11,12). The van der Waals surface area contributed by atoms with E-state index in [9.17, 15) is 5.21 Å². The zero-order valence-electron chi connectivity index (χ0n) is 7.51. The van der Waals surface area contributed by atoms with Crippen molar-refractivity contribution in [2.45, 2.75) is 0 Å². The van der Waals surface area contributed by atoms with Gasteiger partial charge in [0.1, 0.15) is 5.70 Å². The quantitative estimate of drug-likeness (QED) is 0.527. The van der Waals surface area contributed by atoms with Crippen molar-refractivity contribution in [2.75, 3.05) is 5.06 Å². The lowest BCUT2D eigenvalue weighted by Crippen LogP contribution is -2.23. The summed E-state index contributed by atoms with van der Waals surface area (Å²) in [6.07, 6.45) is 1.22. The second kappa shape index (κ2) is 3.21. The van der Waals surface area contributed by atoms with Gasteiger partial charge >= 0.3 is 0 Å². The number of rotatable bonds is 2. The Morgan fingerprint density at radius 1 is 1.19 bits per heavy atom. The number of hydroxylamine groups is 3. The van der Waals surface area contributed by atoms with E-state index < -0.39 is 0 Å². The second-order valence-electron chi connectivity index (χ2n) is 2.64. The first kappa shape index (κ1) is 8.69. The molecule has 0 aliphatic carbocycles. The summed E-state index contributed by atoms with van der Waals surface area (Å²) < 4.78 is 0. The molecule has 3 N–H and O–H groups in total. The maximum absolute atomic E-state index is 9.19. The van der Waals surface area contributed by atoms with Crippen molar-refractivity contribution >= 4 is 11.6 Å². The highest BCUT2D eigenvalue weighted by atomic mass is 17.0. The molecule has 0 bridgehead atoms. The molecular formula is C4H4N10O2. The predicted octanol–water partition coefficient (Wildman–Crippen LogP) is -1.93. The highest BCUT2D eigenvalue weighted by Crippen LogP contribution is 2.25. The Morgan fingerprint density at radius 2 is 2.00 bits per heavy atom. The van der Waals surface area contributed by atoms with E-state index >= 15 is 0 Å². The summed E-state index contributed by atoms with van der Waals surface area (Å²) in [5, 5.41) is 36.8. The molecule has 0 amide bonds. The maximum Gasteiger partial charge on any atom is 0.296 e. The van der Waals surface area contributed by atoms with Gasteiger partial charge in [-0.15, -0.1) is 25.5 Å². The van der Waals surface area contributed by atoms with Gasteiger partial charge in [-0.05, 0) is 10.4 Å². The Labute approximate surface area is 86.4 Å². The van der Waals surface area contributed by atoms with Gasteiger partial charge in [-0.1, -0.05) is 5.10 Å². The van der Waals surface area contributed by atoms with Crippen LogP contribution in [0.15, 0.2) is 6.20 Å². The topological polar surface area (TPSA) is 145 Å². The van der Waals surface area contributed by atoms with E-state index in [0.717, 1.165) is 5.06 Å². The van der Waals surface area contributed by atoms with Gasteiger partial charge in [0.2, 0.25) is 5.82 Å². The van der Waals surface area contributed by atoms with E-state index in [-0.39, 0.29) is 11.8 Å². The fraction of sp³-hybridized carbons (Fsp3) is 0. The van der Waals surface area contributed by atoms with Crippen molar-refractivity contribution in [3.05, 3.63) is 12.0 Å². The molecule has 0 radical (unpaired) electrons. The second-order valence-corrected chi connectivity index (χ2v) is 2.64. The number of aromatic nitrogens is 8. The molecule has 0 atom stereocenters. The van der Waals surface area contributed by atoms with Crippen LogP contribution < -0.4 is 5.06 Å². The number of hydrogen-bond donors (Lipinski definition) is 3. The zero-order valence-corrected chi connectivity index (χ0v) is 7.51. The third-order valence-electron chi connectivity index (χ3n) is 1.71. The first-order valence-electron chi connectivity index (χ1n) is 4.00. The third-order valence-corrected chi connectivity index (χ3v) is 1.71. The highest BCUT2D eigenvalue weighted by Gasteiger charge is 2.30. The minimum absolute atomic E-state index is 0.0904. The molecule has 3 rings (SSSR count). The molecule has 2 aromatic heterocycles. The molecule has 12 heteroatoms. The van der Waals surface area contributed by atoms with Crippen molar-refractivity contribution in [1.29, 1.82) is 0 Å². The average Bonchev–Trinajstić information content (AvgIpc) is 2.98. The van der Waals surface area contributed by atoms with Crippen LogP contribution in [-0.2, 0) is 4.94 Å². The van der Waals surface area contributed by atoms with Gasteiger partial charge in [0.25, 0.3) is 5.95 Å². The highest BCUT2D eigenvalue weighted by molar-refractivity contribution is 5.71. The van der Waals surface area contributed by atoms with Crippen molar-refractivity contribution in [3.8, 4) is 0 Å². The lowest BCUT2D eigenvalue weighted by atomic mass is 10.4. The molecule has 3 heterocycles. The SMILES string of the molecule is ON1C=C(c2nn[nH]n2)N(c2nn[nH]n2)O1. The maximum atomic E-state index is 9.19. The summed E-state index contributed by atoms with van der Waals surface area (Å²) >= 11 is 0. The number of nitrogens with zero attached hydrogens (tertiary/aromatic N) is 8. The van der Waals surface area contributed by atoms with Crippen molar-refractivity contribution < 1.29 is 10.1 Å². The monoisotopic (exact) mass is 224 g/mol. The van der Waals surface area contributed by atoms with Gasteiger partial charge in [0, 0.05) is 0 Å². The molecule has 2 aromatic rings. The summed E-state index contributed by atoms with van der Waals surface area (Å²) in [5.74, 6) is 0.300. The molecule has 82 valence electrons. The zero-order chi connectivity index (χ0) is 11.0. The first-order chi connectivity index (χ1) is 7.84. The Hall–Kier alpha value is -2.60. The van der Waals surface area contributed by atoms with Crippen LogP contribution in [0.1, 0.15) is 5.82 Å². The van der Waals surface area contributed by atoms with Gasteiger partial charge in [-0.3, -0.25) is 5.21 Å². The van der Waals surface area contributed by atoms with E-state index in [2.05, 4.69) is 41.2 Å². The van der Waals surface area contributed by atoms with Crippen molar-refractivity contribution in [3.63, 3.8) is 0 Å². The number of hydrogen-bond acceptors (Lipinski definition) is 10. The van der Waals surface area contributed by atoms with Gasteiger partial charge in [0.15, 0.2) is 0 Å². The number of anilines is 1. The van der Waals surface area contributed by atoms with Crippen molar-refractivity contribution in [1.82, 2.24) is 46.5 Å². The fourth-order valence-corrected chi connectivity index (χ4v) is 1.11. The lowest BCUT2D eigenvalue weighted by Gasteiger charge is -2.12. The van der Waals surface area contributed by atoms with Crippen LogP contribution in [0.3, 0.4) is 0 Å². The van der Waals surface area contributed by atoms with Gasteiger partial charge in [-0.2, -0.15) is 15.5 Å². The number of aromatic amines is 2. The summed E-state index contributed by atoms with van der Waals surface area (Å²) in [4.78, 5) is 4.87. The average molecular weight is 224 g/mol. The van der Waals surface area contributed by atoms with Crippen LogP contribution in [0.4, 0.5) is 5.95 Å². The van der Waals surface area contributed by atoms with E-state index in [4.69, 9.17) is 4.94 Å². The Morgan fingerprint density at radius 3 is 2.69 bits per heavy atom. The molecular weight excluding hydrogens is 220 g/mol. The van der Waals surface area contributed by atoms with Crippen molar-refractivity contribution in [2.24, 2.45) is 0 Å². The molecule has 0 fully saturated rings. The van der Waals surface area contributed by atoms with Crippen LogP contribution >= 0.6 is 0 Å². The van der Waals surface area contributed by atoms with Crippen LogP contribution in [-0.4, -0.2) is 51.7 Å². The summed E-state index contributed by atoms with van der Waals surface area (Å²) in [6.45, 7) is 0. The van der Waals surface area contributed by atoms with Crippen LogP contribution in [0.5, 0.6) is 0 Å². The molecule has 0 spiro atoms. The minimum Gasteiger partial charge on any atom is -0.262 e. The van der Waals surface area contributed by atoms with E-state index in [0.29, 0.717) is 10.9 Å². The van der Waals surface area contributed by atoms with Gasteiger partial charge < -0.3 is 0 Å². The summed E-state index contributed by atoms with van der Waals surface area (Å²) in [6, 6.07) is 0. The first-order valence-corrected chi connectivity index (χ1v) is 4.00. The summed E-state index contributed by atoms with van der Waals surface area (Å²) in [5.41, 5.74) is 0.303. The fourth-order valence-electron chi connectivity index (χ4n) is 1.11. The van der Waals surface area contributed by atoms with Crippen LogP contribution in [0, 0.1) is 0 Å². The molecule has 16 heavy (non-hydrogen) atoms. The molecule has 1 aliphatic rings. The molecule has 0 saturated heterocycles. The molecule has 0 aromatic carbocycles. The number of H-pyrrole nitrogens is 2. The number of nitrogens with one attached hydrogen (secondary N) is 2. The molecule has 12 nitrogen and oxygen atoms in total. The Balaban J connectivity index is 1.99. The normalized spacial score (nSPS) is 15.7. The van der Waals surface area contributed by atoms with Gasteiger partial charge in [0.05, 0.1) is 6.20 Å². The third kappa shape index (κ3) is 1.25. The minimum atomic E-state index is 0.0904. The Kier molecular flexibility index (Phi) is 1.74.